The highest BCUT2D eigenvalue weighted by Crippen LogP contribution is 2.23. The zero-order chi connectivity index (χ0) is 17.9. The fraction of sp³-hybridized carbons (Fsp3) is 0.250. The van der Waals surface area contributed by atoms with Gasteiger partial charge in [-0.15, -0.1) is 13.2 Å². The van der Waals surface area contributed by atoms with Crippen LogP contribution in [0.4, 0.5) is 18.9 Å². The van der Waals surface area contributed by atoms with E-state index in [9.17, 15) is 18.0 Å². The van der Waals surface area contributed by atoms with E-state index >= 15 is 0 Å². The SMILES string of the molecule is Cc1nn(C)c(C)c1NC(=O)C=Cc1ccc(OC(F)(F)F)cc1. The minimum Gasteiger partial charge on any atom is -0.406 e. The molecule has 0 aliphatic rings. The number of ether oxygens (including phenoxy) is 1. The average Bonchev–Trinajstić information content (AvgIpc) is 2.71. The molecule has 5 nitrogen and oxygen atoms in total. The van der Waals surface area contributed by atoms with Gasteiger partial charge >= 0.3 is 6.36 Å². The van der Waals surface area contributed by atoms with Crippen LogP contribution in [0.15, 0.2) is 30.3 Å². The van der Waals surface area contributed by atoms with Gasteiger partial charge in [0.05, 0.1) is 17.1 Å². The highest BCUT2D eigenvalue weighted by molar-refractivity contribution is 6.02. The fourth-order valence-electron chi connectivity index (χ4n) is 2.07. The number of aryl methyl sites for hydroxylation is 2. The Morgan fingerprint density at radius 1 is 1.25 bits per heavy atom. The summed E-state index contributed by atoms with van der Waals surface area (Å²) in [7, 11) is 1.78. The summed E-state index contributed by atoms with van der Waals surface area (Å²) in [5.41, 5.74) is 2.73. The van der Waals surface area contributed by atoms with Crippen LogP contribution >= 0.6 is 0 Å². The Bertz CT molecular complexity index is 762. The van der Waals surface area contributed by atoms with E-state index < -0.39 is 6.36 Å². The highest BCUT2D eigenvalue weighted by Gasteiger charge is 2.30. The smallest absolute Gasteiger partial charge is 0.406 e. The number of halogens is 3. The summed E-state index contributed by atoms with van der Waals surface area (Å²) in [6.45, 7) is 3.62. The fourth-order valence-corrected chi connectivity index (χ4v) is 2.07. The van der Waals surface area contributed by atoms with Gasteiger partial charge in [-0.2, -0.15) is 5.10 Å². The maximum absolute atomic E-state index is 12.1. The van der Waals surface area contributed by atoms with E-state index in [0.29, 0.717) is 16.9 Å². The number of anilines is 1. The van der Waals surface area contributed by atoms with Crippen molar-refractivity contribution in [3.63, 3.8) is 0 Å². The standard InChI is InChI=1S/C16H16F3N3O2/c1-10-15(11(2)22(3)21-10)20-14(23)9-6-12-4-7-13(8-5-12)24-16(17,18)19/h4-9H,1-3H3,(H,20,23). The number of hydrogen-bond acceptors (Lipinski definition) is 3. The third-order valence-electron chi connectivity index (χ3n) is 3.30. The molecule has 0 aliphatic heterocycles. The van der Waals surface area contributed by atoms with Crippen molar-refractivity contribution in [2.45, 2.75) is 20.2 Å². The minimum atomic E-state index is -4.73. The Hall–Kier alpha value is -2.77. The number of nitrogens with one attached hydrogen (secondary N) is 1. The second-order valence-corrected chi connectivity index (χ2v) is 5.11. The molecule has 2 aromatic rings. The molecule has 0 atom stereocenters. The van der Waals surface area contributed by atoms with Gasteiger partial charge < -0.3 is 10.1 Å². The van der Waals surface area contributed by atoms with E-state index in [4.69, 9.17) is 0 Å². The Labute approximate surface area is 136 Å². The van der Waals surface area contributed by atoms with Crippen LogP contribution in [0.25, 0.3) is 6.08 Å². The molecule has 8 heteroatoms. The van der Waals surface area contributed by atoms with E-state index in [0.717, 1.165) is 5.69 Å². The van der Waals surface area contributed by atoms with Crippen molar-refractivity contribution in [2.24, 2.45) is 7.05 Å². The highest BCUT2D eigenvalue weighted by atomic mass is 19.4. The molecular formula is C16H16F3N3O2. The summed E-state index contributed by atoms with van der Waals surface area (Å²) >= 11 is 0. The van der Waals surface area contributed by atoms with Crippen LogP contribution in [-0.4, -0.2) is 22.1 Å². The van der Waals surface area contributed by atoms with Crippen molar-refractivity contribution in [3.05, 3.63) is 47.3 Å². The van der Waals surface area contributed by atoms with Crippen LogP contribution in [0.5, 0.6) is 5.75 Å². The first-order valence-electron chi connectivity index (χ1n) is 7.01. The van der Waals surface area contributed by atoms with E-state index in [1.165, 1.54) is 36.4 Å². The number of hydrogen-bond donors (Lipinski definition) is 1. The van der Waals surface area contributed by atoms with Gasteiger partial charge in [-0.1, -0.05) is 12.1 Å². The molecule has 0 bridgehead atoms. The van der Waals surface area contributed by atoms with E-state index in [2.05, 4.69) is 15.2 Å². The maximum atomic E-state index is 12.1. The van der Waals surface area contributed by atoms with Crippen LogP contribution < -0.4 is 10.1 Å². The third kappa shape index (κ3) is 4.61. The Balaban J connectivity index is 2.01. The molecule has 1 aromatic heterocycles. The van der Waals surface area contributed by atoms with Gasteiger partial charge in [0.25, 0.3) is 0 Å². The Morgan fingerprint density at radius 3 is 2.38 bits per heavy atom. The van der Waals surface area contributed by atoms with Crippen molar-refractivity contribution >= 4 is 17.7 Å². The van der Waals surface area contributed by atoms with Crippen molar-refractivity contribution in [1.82, 2.24) is 9.78 Å². The van der Waals surface area contributed by atoms with Crippen LogP contribution in [-0.2, 0) is 11.8 Å². The lowest BCUT2D eigenvalue weighted by molar-refractivity contribution is -0.274. The lowest BCUT2D eigenvalue weighted by Crippen LogP contribution is -2.16. The molecule has 1 N–H and O–H groups in total. The summed E-state index contributed by atoms with van der Waals surface area (Å²) in [5.74, 6) is -0.671. The molecule has 0 saturated heterocycles. The molecule has 0 spiro atoms. The zero-order valence-electron chi connectivity index (χ0n) is 13.3. The van der Waals surface area contributed by atoms with Crippen LogP contribution in [0.2, 0.25) is 0 Å². The maximum Gasteiger partial charge on any atom is 0.573 e. The molecule has 1 aromatic carbocycles. The largest absolute Gasteiger partial charge is 0.573 e. The van der Waals surface area contributed by atoms with Gasteiger partial charge in [0.2, 0.25) is 5.91 Å². The average molecular weight is 339 g/mol. The zero-order valence-corrected chi connectivity index (χ0v) is 13.3. The molecule has 128 valence electrons. The predicted molar refractivity (Wildman–Crippen MR) is 83.5 cm³/mol. The van der Waals surface area contributed by atoms with E-state index in [-0.39, 0.29) is 11.7 Å². The number of benzene rings is 1. The summed E-state index contributed by atoms with van der Waals surface area (Å²) in [5, 5.41) is 6.92. The van der Waals surface area contributed by atoms with Gasteiger partial charge in [-0.3, -0.25) is 9.48 Å². The normalized spacial score (nSPS) is 11.8. The van der Waals surface area contributed by atoms with Crippen LogP contribution in [0, 0.1) is 13.8 Å². The molecule has 1 heterocycles. The van der Waals surface area contributed by atoms with Gasteiger partial charge in [0, 0.05) is 13.1 Å². The first-order chi connectivity index (χ1) is 11.2. The second kappa shape index (κ2) is 6.77. The molecule has 2 rings (SSSR count). The van der Waals surface area contributed by atoms with E-state index in [1.54, 1.807) is 18.7 Å². The summed E-state index contributed by atoms with van der Waals surface area (Å²) in [6.07, 6.45) is -1.93. The summed E-state index contributed by atoms with van der Waals surface area (Å²) < 4.78 is 41.7. The van der Waals surface area contributed by atoms with Gasteiger partial charge in [0.15, 0.2) is 0 Å². The molecule has 0 saturated carbocycles. The quantitative estimate of drug-likeness (QED) is 0.866. The van der Waals surface area contributed by atoms with E-state index in [1.807, 2.05) is 6.92 Å². The number of amides is 1. The Morgan fingerprint density at radius 2 is 1.88 bits per heavy atom. The lowest BCUT2D eigenvalue weighted by Gasteiger charge is -2.08. The van der Waals surface area contributed by atoms with Gasteiger partial charge in [0.1, 0.15) is 5.75 Å². The number of aromatic nitrogens is 2. The third-order valence-corrected chi connectivity index (χ3v) is 3.30. The molecule has 0 unspecified atom stereocenters. The molecule has 0 radical (unpaired) electrons. The number of alkyl halides is 3. The monoisotopic (exact) mass is 339 g/mol. The summed E-state index contributed by atoms with van der Waals surface area (Å²) in [4.78, 5) is 11.9. The van der Waals surface area contributed by atoms with Crippen molar-refractivity contribution in [1.29, 1.82) is 0 Å². The van der Waals surface area contributed by atoms with Crippen molar-refractivity contribution in [3.8, 4) is 5.75 Å². The summed E-state index contributed by atoms with van der Waals surface area (Å²) in [6, 6.07) is 5.21. The topological polar surface area (TPSA) is 56.2 Å². The van der Waals surface area contributed by atoms with Gasteiger partial charge in [-0.25, -0.2) is 0 Å². The van der Waals surface area contributed by atoms with Gasteiger partial charge in [-0.05, 0) is 37.6 Å². The number of carbonyl (C=O) groups excluding carboxylic acids is 1. The Kier molecular flexibility index (Phi) is 4.96. The first-order valence-corrected chi connectivity index (χ1v) is 7.01. The molecule has 0 aliphatic carbocycles. The number of nitrogens with zero attached hydrogens (tertiary/aromatic N) is 2. The van der Waals surface area contributed by atoms with Crippen molar-refractivity contribution in [2.75, 3.05) is 5.32 Å². The lowest BCUT2D eigenvalue weighted by atomic mass is 10.2. The molecule has 0 fully saturated rings. The number of carbonyl (C=O) groups is 1. The first kappa shape index (κ1) is 17.6. The second-order valence-electron chi connectivity index (χ2n) is 5.11. The molecule has 1 amide bonds. The molecule has 24 heavy (non-hydrogen) atoms. The van der Waals surface area contributed by atoms with Crippen LogP contribution in [0.3, 0.4) is 0 Å². The van der Waals surface area contributed by atoms with Crippen molar-refractivity contribution < 1.29 is 22.7 Å². The predicted octanol–water partition coefficient (Wildman–Crippen LogP) is 3.59. The molecular weight excluding hydrogens is 323 g/mol. The number of rotatable bonds is 4. The minimum absolute atomic E-state index is 0.314. The van der Waals surface area contributed by atoms with Crippen LogP contribution in [0.1, 0.15) is 17.0 Å².